The van der Waals surface area contributed by atoms with Crippen molar-refractivity contribution in [2.75, 3.05) is 11.4 Å². The molecule has 1 aliphatic heterocycles. The summed E-state index contributed by atoms with van der Waals surface area (Å²) in [5.74, 6) is 0.532. The lowest BCUT2D eigenvalue weighted by Crippen LogP contribution is -2.42. The molecule has 1 amide bonds. The number of aromatic nitrogens is 3. The van der Waals surface area contributed by atoms with Crippen molar-refractivity contribution in [2.45, 2.75) is 19.6 Å². The van der Waals surface area contributed by atoms with E-state index >= 15 is 0 Å². The first kappa shape index (κ1) is 16.3. The van der Waals surface area contributed by atoms with Crippen molar-refractivity contribution in [2.24, 2.45) is 0 Å². The first-order chi connectivity index (χ1) is 12.6. The van der Waals surface area contributed by atoms with Crippen LogP contribution in [0.1, 0.15) is 29.1 Å². The van der Waals surface area contributed by atoms with Gasteiger partial charge in [-0.25, -0.2) is 9.37 Å². The van der Waals surface area contributed by atoms with Crippen LogP contribution in [0.15, 0.2) is 54.7 Å². The first-order valence-electron chi connectivity index (χ1n) is 8.31. The normalized spacial score (nSPS) is 16.5. The number of rotatable bonds is 4. The third-order valence-electron chi connectivity index (χ3n) is 4.23. The minimum Gasteiger partial charge on any atom is -0.487 e. The number of anilines is 1. The van der Waals surface area contributed by atoms with Crippen molar-refractivity contribution in [3.8, 4) is 5.75 Å². The quantitative estimate of drug-likeness (QED) is 0.723. The number of amides is 1. The van der Waals surface area contributed by atoms with Crippen LogP contribution in [-0.2, 0) is 6.61 Å². The number of hydrogen-bond acceptors (Lipinski definition) is 4. The fraction of sp³-hybridized carbons (Fsp3) is 0.211. The Morgan fingerprint density at radius 2 is 2.04 bits per heavy atom. The second kappa shape index (κ2) is 6.59. The standard InChI is InChI=1S/C19H17FN4O2/c1-13-11-23(18-8-7-14(20)10-21-18)19(25)17-9-15(22-24(13)17)12-26-16-5-3-2-4-6-16/h2-10,13H,11-12H2,1H3/t13-/m0/s1. The molecule has 1 aliphatic rings. The Morgan fingerprint density at radius 1 is 1.23 bits per heavy atom. The molecule has 1 atom stereocenters. The molecule has 2 aromatic heterocycles. The summed E-state index contributed by atoms with van der Waals surface area (Å²) in [5, 5.41) is 4.50. The van der Waals surface area contributed by atoms with Crippen LogP contribution in [-0.4, -0.2) is 27.2 Å². The van der Waals surface area contributed by atoms with E-state index in [1.807, 2.05) is 37.3 Å². The van der Waals surface area contributed by atoms with E-state index < -0.39 is 5.82 Å². The molecule has 4 rings (SSSR count). The Balaban J connectivity index is 1.56. The summed E-state index contributed by atoms with van der Waals surface area (Å²) in [5.41, 5.74) is 1.15. The second-order valence-corrected chi connectivity index (χ2v) is 6.17. The highest BCUT2D eigenvalue weighted by Crippen LogP contribution is 2.25. The van der Waals surface area contributed by atoms with Gasteiger partial charge in [0.1, 0.15) is 35.4 Å². The summed E-state index contributed by atoms with van der Waals surface area (Å²) in [4.78, 5) is 18.4. The van der Waals surface area contributed by atoms with E-state index in [0.717, 1.165) is 11.9 Å². The monoisotopic (exact) mass is 352 g/mol. The van der Waals surface area contributed by atoms with Gasteiger partial charge in [0, 0.05) is 6.54 Å². The molecule has 0 saturated heterocycles. The van der Waals surface area contributed by atoms with E-state index in [0.29, 0.717) is 23.8 Å². The third-order valence-corrected chi connectivity index (χ3v) is 4.23. The van der Waals surface area contributed by atoms with Crippen LogP contribution in [0.4, 0.5) is 10.2 Å². The summed E-state index contributed by atoms with van der Waals surface area (Å²) in [6, 6.07) is 14.0. The zero-order chi connectivity index (χ0) is 18.1. The number of fused-ring (bicyclic) bond motifs is 1. The second-order valence-electron chi connectivity index (χ2n) is 6.17. The van der Waals surface area contributed by atoms with Crippen molar-refractivity contribution >= 4 is 11.7 Å². The lowest BCUT2D eigenvalue weighted by molar-refractivity contribution is 0.0952. The maximum atomic E-state index is 13.1. The molecule has 0 bridgehead atoms. The van der Waals surface area contributed by atoms with Gasteiger partial charge in [0.2, 0.25) is 0 Å². The minimum atomic E-state index is -0.434. The highest BCUT2D eigenvalue weighted by molar-refractivity contribution is 6.05. The molecule has 6 nitrogen and oxygen atoms in total. The fourth-order valence-corrected chi connectivity index (χ4v) is 2.97. The third kappa shape index (κ3) is 3.03. The highest BCUT2D eigenvalue weighted by atomic mass is 19.1. The fourth-order valence-electron chi connectivity index (χ4n) is 2.97. The number of carbonyl (C=O) groups excluding carboxylic acids is 1. The van der Waals surface area contributed by atoms with Gasteiger partial charge < -0.3 is 4.74 Å². The largest absolute Gasteiger partial charge is 0.487 e. The van der Waals surface area contributed by atoms with Gasteiger partial charge in [-0.15, -0.1) is 0 Å². The molecule has 132 valence electrons. The van der Waals surface area contributed by atoms with E-state index in [9.17, 15) is 9.18 Å². The molecule has 0 radical (unpaired) electrons. The zero-order valence-electron chi connectivity index (χ0n) is 14.2. The summed E-state index contributed by atoms with van der Waals surface area (Å²) < 4.78 is 20.5. The Bertz CT molecular complexity index is 924. The Labute approximate surface area is 149 Å². The lowest BCUT2D eigenvalue weighted by Gasteiger charge is -2.30. The van der Waals surface area contributed by atoms with Crippen LogP contribution in [0, 0.1) is 5.82 Å². The summed E-state index contributed by atoms with van der Waals surface area (Å²) in [6.07, 6.45) is 1.11. The van der Waals surface area contributed by atoms with Crippen molar-refractivity contribution in [1.29, 1.82) is 0 Å². The summed E-state index contributed by atoms with van der Waals surface area (Å²) >= 11 is 0. The Hall–Kier alpha value is -3.22. The summed E-state index contributed by atoms with van der Waals surface area (Å²) in [6.45, 7) is 2.67. The average molecular weight is 352 g/mol. The predicted octanol–water partition coefficient (Wildman–Crippen LogP) is 3.22. The number of carbonyl (C=O) groups is 1. The molecule has 1 aromatic carbocycles. The summed E-state index contributed by atoms with van der Waals surface area (Å²) in [7, 11) is 0. The molecule has 7 heteroatoms. The molecule has 3 aromatic rings. The SMILES string of the molecule is C[C@H]1CN(c2ccc(F)cn2)C(=O)c2cc(COc3ccccc3)nn21. The van der Waals surface area contributed by atoms with E-state index in [-0.39, 0.29) is 18.6 Å². The average Bonchev–Trinajstić information content (AvgIpc) is 3.10. The smallest absolute Gasteiger partial charge is 0.277 e. The molecule has 0 spiro atoms. The van der Waals surface area contributed by atoms with E-state index in [1.54, 1.807) is 15.6 Å². The highest BCUT2D eigenvalue weighted by Gasteiger charge is 2.32. The maximum absolute atomic E-state index is 13.1. The predicted molar refractivity (Wildman–Crippen MR) is 93.6 cm³/mol. The molecular weight excluding hydrogens is 335 g/mol. The number of pyridine rings is 1. The number of halogens is 1. The number of nitrogens with zero attached hydrogens (tertiary/aromatic N) is 4. The van der Waals surface area contributed by atoms with Crippen LogP contribution in [0.2, 0.25) is 0 Å². The van der Waals surface area contributed by atoms with E-state index in [2.05, 4.69) is 10.1 Å². The molecular formula is C19H17FN4O2. The van der Waals surface area contributed by atoms with Crippen LogP contribution in [0.3, 0.4) is 0 Å². The molecule has 0 unspecified atom stereocenters. The Morgan fingerprint density at radius 3 is 2.77 bits per heavy atom. The molecule has 0 N–H and O–H groups in total. The van der Waals surface area contributed by atoms with Crippen molar-refractivity contribution in [3.63, 3.8) is 0 Å². The first-order valence-corrected chi connectivity index (χ1v) is 8.31. The molecule has 0 aliphatic carbocycles. The zero-order valence-corrected chi connectivity index (χ0v) is 14.2. The van der Waals surface area contributed by atoms with Gasteiger partial charge in [-0.2, -0.15) is 5.10 Å². The van der Waals surface area contributed by atoms with Gasteiger partial charge in [0.05, 0.1) is 12.2 Å². The van der Waals surface area contributed by atoms with Crippen LogP contribution in [0.25, 0.3) is 0 Å². The molecule has 0 fully saturated rings. The van der Waals surface area contributed by atoms with Crippen molar-refractivity contribution in [1.82, 2.24) is 14.8 Å². The molecule has 0 saturated carbocycles. The van der Waals surface area contributed by atoms with E-state index in [1.165, 1.54) is 12.1 Å². The lowest BCUT2D eigenvalue weighted by atomic mass is 10.2. The topological polar surface area (TPSA) is 60.3 Å². The van der Waals surface area contributed by atoms with Gasteiger partial charge in [-0.05, 0) is 37.3 Å². The van der Waals surface area contributed by atoms with Gasteiger partial charge in [-0.1, -0.05) is 18.2 Å². The number of ether oxygens (including phenoxy) is 1. The maximum Gasteiger partial charge on any atom is 0.277 e. The van der Waals surface area contributed by atoms with Gasteiger partial charge in [-0.3, -0.25) is 14.4 Å². The number of hydrogen-bond donors (Lipinski definition) is 0. The van der Waals surface area contributed by atoms with Crippen molar-refractivity contribution in [3.05, 3.63) is 71.9 Å². The Kier molecular flexibility index (Phi) is 4.12. The van der Waals surface area contributed by atoms with Crippen LogP contribution < -0.4 is 9.64 Å². The molecule has 3 heterocycles. The number of benzene rings is 1. The van der Waals surface area contributed by atoms with Gasteiger partial charge >= 0.3 is 0 Å². The van der Waals surface area contributed by atoms with Crippen molar-refractivity contribution < 1.29 is 13.9 Å². The van der Waals surface area contributed by atoms with Gasteiger partial charge in [0.25, 0.3) is 5.91 Å². The van der Waals surface area contributed by atoms with E-state index in [4.69, 9.17) is 4.74 Å². The van der Waals surface area contributed by atoms with Crippen LogP contribution in [0.5, 0.6) is 5.75 Å². The minimum absolute atomic E-state index is 0.0278. The number of para-hydroxylation sites is 1. The molecule has 26 heavy (non-hydrogen) atoms. The van der Waals surface area contributed by atoms with Gasteiger partial charge in [0.15, 0.2) is 0 Å². The van der Waals surface area contributed by atoms with Crippen LogP contribution >= 0.6 is 0 Å².